The number of aryl methyl sites for hydroxylation is 1. The molecular weight excluding hydrogens is 362 g/mol. The second-order valence-electron chi connectivity index (χ2n) is 7.63. The average molecular weight is 389 g/mol. The van der Waals surface area contributed by atoms with Crippen molar-refractivity contribution >= 4 is 5.69 Å². The molecule has 4 heteroatoms. The summed E-state index contributed by atoms with van der Waals surface area (Å²) in [6.45, 7) is 5.40. The minimum atomic E-state index is 0.371. The zero-order chi connectivity index (χ0) is 20.2. The van der Waals surface area contributed by atoms with E-state index in [4.69, 9.17) is 20.2 Å². The van der Waals surface area contributed by atoms with Crippen molar-refractivity contribution < 1.29 is 14.5 Å². The molecule has 1 aliphatic rings. The lowest BCUT2D eigenvalue weighted by Gasteiger charge is -2.19. The van der Waals surface area contributed by atoms with Gasteiger partial charge in [0.2, 0.25) is 0 Å². The van der Waals surface area contributed by atoms with E-state index >= 15 is 0 Å². The van der Waals surface area contributed by atoms with Gasteiger partial charge in [0, 0.05) is 0 Å². The Labute approximate surface area is 172 Å². The largest absolute Gasteiger partial charge is 0.455 e. The monoisotopic (exact) mass is 389 g/mol. The van der Waals surface area contributed by atoms with Gasteiger partial charge >= 0.3 is 0 Å². The minimum absolute atomic E-state index is 0.371. The number of hydrogen-bond acceptors (Lipinski definition) is 4. The highest BCUT2D eigenvalue weighted by atomic mass is 17.2. The maximum Gasteiger partial charge on any atom is 0.150 e. The lowest BCUT2D eigenvalue weighted by atomic mass is 9.91. The zero-order valence-corrected chi connectivity index (χ0v) is 17.0. The van der Waals surface area contributed by atoms with Crippen LogP contribution >= 0.6 is 0 Å². The Morgan fingerprint density at radius 3 is 2.34 bits per heavy atom. The molecule has 3 aromatic rings. The number of benzene rings is 3. The van der Waals surface area contributed by atoms with Crippen LogP contribution in [0.25, 0.3) is 0 Å². The molecule has 0 aliphatic carbocycles. The van der Waals surface area contributed by atoms with E-state index in [9.17, 15) is 0 Å². The third kappa shape index (κ3) is 4.61. The predicted octanol–water partition coefficient (Wildman–Crippen LogP) is 5.93. The van der Waals surface area contributed by atoms with E-state index in [1.165, 1.54) is 27.8 Å². The van der Waals surface area contributed by atoms with Gasteiger partial charge in [-0.1, -0.05) is 50.2 Å². The number of ether oxygens (including phenoxy) is 1. The summed E-state index contributed by atoms with van der Waals surface area (Å²) in [5.74, 6) is 1.86. The van der Waals surface area contributed by atoms with E-state index in [0.717, 1.165) is 18.6 Å². The standard InChI is InChI=1S/C25H27NO3/c1-3-18-4-9-23(10-5-18)29-25-11-6-19(13-24(25)26)12-17(2)20-7-8-21-15-27-28-16-22(21)14-20/h4-11,13-14,17H,3,12,15-16,26H2,1-2H3. The summed E-state index contributed by atoms with van der Waals surface area (Å²) in [6, 6.07) is 20.7. The number of nitrogens with two attached hydrogens (primary N) is 1. The van der Waals surface area contributed by atoms with Crippen molar-refractivity contribution in [2.24, 2.45) is 0 Å². The van der Waals surface area contributed by atoms with Gasteiger partial charge in [-0.15, -0.1) is 0 Å². The van der Waals surface area contributed by atoms with Crippen molar-refractivity contribution in [3.05, 3.63) is 88.5 Å². The highest BCUT2D eigenvalue weighted by molar-refractivity contribution is 5.56. The molecule has 1 unspecified atom stereocenters. The van der Waals surface area contributed by atoms with Crippen molar-refractivity contribution in [1.29, 1.82) is 0 Å². The number of anilines is 1. The number of nitrogen functional groups attached to an aromatic ring is 1. The van der Waals surface area contributed by atoms with Gasteiger partial charge in [-0.25, -0.2) is 9.78 Å². The molecule has 1 heterocycles. The summed E-state index contributed by atoms with van der Waals surface area (Å²) >= 11 is 0. The van der Waals surface area contributed by atoms with E-state index in [1.54, 1.807) is 0 Å². The van der Waals surface area contributed by atoms with Crippen molar-refractivity contribution in [3.8, 4) is 11.5 Å². The van der Waals surface area contributed by atoms with Gasteiger partial charge in [0.15, 0.2) is 0 Å². The third-order valence-electron chi connectivity index (χ3n) is 5.49. The topological polar surface area (TPSA) is 53.7 Å². The van der Waals surface area contributed by atoms with Crippen LogP contribution in [0.1, 0.15) is 47.6 Å². The highest BCUT2D eigenvalue weighted by Gasteiger charge is 2.14. The summed E-state index contributed by atoms with van der Waals surface area (Å²) < 4.78 is 5.96. The Bertz CT molecular complexity index is 982. The molecule has 3 aromatic carbocycles. The molecule has 0 radical (unpaired) electrons. The smallest absolute Gasteiger partial charge is 0.150 e. The molecule has 0 saturated heterocycles. The molecule has 0 amide bonds. The zero-order valence-electron chi connectivity index (χ0n) is 17.0. The third-order valence-corrected chi connectivity index (χ3v) is 5.49. The van der Waals surface area contributed by atoms with Gasteiger partial charge in [0.1, 0.15) is 24.7 Å². The van der Waals surface area contributed by atoms with Crippen LogP contribution < -0.4 is 10.5 Å². The molecule has 4 rings (SSSR count). The number of rotatable bonds is 6. The Balaban J connectivity index is 1.44. The van der Waals surface area contributed by atoms with E-state index in [1.807, 2.05) is 24.3 Å². The molecule has 0 fully saturated rings. The van der Waals surface area contributed by atoms with Gasteiger partial charge in [-0.05, 0) is 70.8 Å². The molecule has 4 nitrogen and oxygen atoms in total. The molecule has 2 N–H and O–H groups in total. The lowest BCUT2D eigenvalue weighted by molar-refractivity contribution is -0.322. The lowest BCUT2D eigenvalue weighted by Crippen LogP contribution is -2.09. The Morgan fingerprint density at radius 1 is 0.897 bits per heavy atom. The Morgan fingerprint density at radius 2 is 1.62 bits per heavy atom. The number of hydrogen-bond donors (Lipinski definition) is 1. The van der Waals surface area contributed by atoms with Crippen LogP contribution in [0.3, 0.4) is 0 Å². The van der Waals surface area contributed by atoms with E-state index in [0.29, 0.717) is 30.6 Å². The average Bonchev–Trinajstić information content (AvgIpc) is 2.75. The first-order valence-electron chi connectivity index (χ1n) is 10.1. The Kier molecular flexibility index (Phi) is 5.84. The minimum Gasteiger partial charge on any atom is -0.455 e. The van der Waals surface area contributed by atoms with Gasteiger partial charge in [0.05, 0.1) is 5.69 Å². The highest BCUT2D eigenvalue weighted by Crippen LogP contribution is 2.31. The van der Waals surface area contributed by atoms with Crippen molar-refractivity contribution in [2.45, 2.75) is 45.8 Å². The van der Waals surface area contributed by atoms with E-state index < -0.39 is 0 Å². The second-order valence-corrected chi connectivity index (χ2v) is 7.63. The quantitative estimate of drug-likeness (QED) is 0.419. The molecule has 0 spiro atoms. The molecule has 1 atom stereocenters. The van der Waals surface area contributed by atoms with Gasteiger partial charge in [0.25, 0.3) is 0 Å². The maximum absolute atomic E-state index is 6.28. The molecule has 0 aromatic heterocycles. The summed E-state index contributed by atoms with van der Waals surface area (Å²) in [7, 11) is 0. The predicted molar refractivity (Wildman–Crippen MR) is 115 cm³/mol. The summed E-state index contributed by atoms with van der Waals surface area (Å²) in [6.07, 6.45) is 1.92. The van der Waals surface area contributed by atoms with E-state index in [-0.39, 0.29) is 0 Å². The van der Waals surface area contributed by atoms with Crippen LogP contribution in [0, 0.1) is 0 Å². The van der Waals surface area contributed by atoms with Crippen LogP contribution in [0.2, 0.25) is 0 Å². The first-order chi connectivity index (χ1) is 14.1. The Hall–Kier alpha value is -2.82. The van der Waals surface area contributed by atoms with Crippen LogP contribution in [-0.2, 0) is 35.8 Å². The molecule has 0 bridgehead atoms. The van der Waals surface area contributed by atoms with Crippen LogP contribution in [0.15, 0.2) is 60.7 Å². The van der Waals surface area contributed by atoms with Crippen LogP contribution in [0.4, 0.5) is 5.69 Å². The first-order valence-corrected chi connectivity index (χ1v) is 10.1. The molecule has 1 aliphatic heterocycles. The van der Waals surface area contributed by atoms with Crippen molar-refractivity contribution in [2.75, 3.05) is 5.73 Å². The molecule has 29 heavy (non-hydrogen) atoms. The first kappa shape index (κ1) is 19.5. The second kappa shape index (κ2) is 8.68. The fraction of sp³-hybridized carbons (Fsp3) is 0.280. The SMILES string of the molecule is CCc1ccc(Oc2ccc(CC(C)c3ccc4c(c3)COOC4)cc2N)cc1. The van der Waals surface area contributed by atoms with E-state index in [2.05, 4.69) is 50.2 Å². The molecular formula is C25H27NO3. The van der Waals surface area contributed by atoms with Crippen molar-refractivity contribution in [1.82, 2.24) is 0 Å². The summed E-state index contributed by atoms with van der Waals surface area (Å²) in [5, 5.41) is 0. The van der Waals surface area contributed by atoms with Gasteiger partial charge in [-0.2, -0.15) is 0 Å². The fourth-order valence-electron chi connectivity index (χ4n) is 3.65. The fourth-order valence-corrected chi connectivity index (χ4v) is 3.65. The van der Waals surface area contributed by atoms with Crippen LogP contribution in [-0.4, -0.2) is 0 Å². The van der Waals surface area contributed by atoms with Crippen molar-refractivity contribution in [3.63, 3.8) is 0 Å². The summed E-state index contributed by atoms with van der Waals surface area (Å²) in [5.41, 5.74) is 13.1. The van der Waals surface area contributed by atoms with Gasteiger partial charge < -0.3 is 10.5 Å². The van der Waals surface area contributed by atoms with Crippen LogP contribution in [0.5, 0.6) is 11.5 Å². The molecule has 150 valence electrons. The number of fused-ring (bicyclic) bond motifs is 1. The maximum atomic E-state index is 6.28. The summed E-state index contributed by atoms with van der Waals surface area (Å²) in [4.78, 5) is 10.2. The normalized spacial score (nSPS) is 14.3. The van der Waals surface area contributed by atoms with Gasteiger partial charge in [-0.3, -0.25) is 0 Å². The molecule has 0 saturated carbocycles.